The van der Waals surface area contributed by atoms with E-state index >= 15 is 0 Å². The van der Waals surface area contributed by atoms with E-state index in [-0.39, 0.29) is 11.5 Å². The van der Waals surface area contributed by atoms with E-state index in [1.54, 1.807) is 84.8 Å². The normalized spacial score (nSPS) is 11.8. The van der Waals surface area contributed by atoms with Crippen molar-refractivity contribution in [2.75, 3.05) is 28.4 Å². The summed E-state index contributed by atoms with van der Waals surface area (Å²) in [7, 11) is 6.42. The molecular weight excluding hydrogens is 805 g/mol. The lowest BCUT2D eigenvalue weighted by atomic mass is 9.94. The van der Waals surface area contributed by atoms with Gasteiger partial charge in [-0.05, 0) is 161 Å². The molecule has 0 saturated heterocycles. The third-order valence-corrected chi connectivity index (χ3v) is 10.9. The number of rotatable bonds is 20. The van der Waals surface area contributed by atoms with Gasteiger partial charge in [0.2, 0.25) is 0 Å². The standard InChI is InChI=1S/C55H58O9/c1-54(2,58)45-29-17-37(33-49(45)59-5)13-10-12-16-40-20-32-48(52(36-40)62-8)63-43-25-21-41(22-26-43)53(57)42-23-27-44(28-24-42)64-55(3,4)46-30-18-38(34-50(46)60-6)14-9-11-15-39-19-31-47(56)51(35-39)61-7/h9-12,17-36,56,58H,13-16H2,1-8H3/b11-9+,12-10+. The summed E-state index contributed by atoms with van der Waals surface area (Å²) < 4.78 is 34.9. The van der Waals surface area contributed by atoms with Crippen molar-refractivity contribution in [2.45, 2.75) is 64.6 Å². The summed E-state index contributed by atoms with van der Waals surface area (Å²) in [6, 6.07) is 37.4. The predicted octanol–water partition coefficient (Wildman–Crippen LogP) is 11.7. The summed E-state index contributed by atoms with van der Waals surface area (Å²) in [4.78, 5) is 13.5. The molecule has 0 saturated carbocycles. The fraction of sp³-hybridized carbons (Fsp3) is 0.255. The molecule has 64 heavy (non-hydrogen) atoms. The highest BCUT2D eigenvalue weighted by molar-refractivity contribution is 6.09. The minimum Gasteiger partial charge on any atom is -0.504 e. The Morgan fingerprint density at radius 2 is 0.891 bits per heavy atom. The smallest absolute Gasteiger partial charge is 0.193 e. The van der Waals surface area contributed by atoms with Crippen LogP contribution >= 0.6 is 0 Å². The Hall–Kier alpha value is -6.97. The number of carbonyl (C=O) groups excluding carboxylic acids is 1. The maximum Gasteiger partial charge on any atom is 0.193 e. The van der Waals surface area contributed by atoms with Crippen LogP contribution in [0.1, 0.15) is 77.0 Å². The average Bonchev–Trinajstić information content (AvgIpc) is 3.29. The van der Waals surface area contributed by atoms with Gasteiger partial charge in [-0.1, -0.05) is 60.7 Å². The van der Waals surface area contributed by atoms with E-state index < -0.39 is 11.2 Å². The second-order valence-corrected chi connectivity index (χ2v) is 16.5. The largest absolute Gasteiger partial charge is 0.504 e. The van der Waals surface area contributed by atoms with Crippen molar-refractivity contribution in [1.29, 1.82) is 0 Å². The number of carbonyl (C=O) groups is 1. The summed E-state index contributed by atoms with van der Waals surface area (Å²) in [5, 5.41) is 20.3. The molecular formula is C55H58O9. The first-order chi connectivity index (χ1) is 30.7. The highest BCUT2D eigenvalue weighted by atomic mass is 16.5. The number of ketones is 1. The molecule has 0 unspecified atom stereocenters. The Kier molecular flexibility index (Phi) is 15.2. The van der Waals surface area contributed by atoms with Gasteiger partial charge in [0.05, 0.1) is 34.0 Å². The highest BCUT2D eigenvalue weighted by Gasteiger charge is 2.27. The van der Waals surface area contributed by atoms with E-state index in [4.69, 9.17) is 28.4 Å². The van der Waals surface area contributed by atoms with Gasteiger partial charge in [0, 0.05) is 22.3 Å². The van der Waals surface area contributed by atoms with E-state index in [2.05, 4.69) is 30.4 Å². The highest BCUT2D eigenvalue weighted by Crippen LogP contribution is 2.37. The van der Waals surface area contributed by atoms with Crippen LogP contribution in [0.2, 0.25) is 0 Å². The van der Waals surface area contributed by atoms with Crippen LogP contribution in [0.15, 0.2) is 146 Å². The summed E-state index contributed by atoms with van der Waals surface area (Å²) in [5.74, 6) is 4.23. The third kappa shape index (κ3) is 11.9. The van der Waals surface area contributed by atoms with Gasteiger partial charge in [-0.25, -0.2) is 0 Å². The summed E-state index contributed by atoms with van der Waals surface area (Å²) >= 11 is 0. The Bertz CT molecular complexity index is 2580. The van der Waals surface area contributed by atoms with Gasteiger partial charge in [0.15, 0.2) is 28.8 Å². The second kappa shape index (κ2) is 20.9. The maximum atomic E-state index is 13.5. The third-order valence-electron chi connectivity index (χ3n) is 10.9. The zero-order valence-electron chi connectivity index (χ0n) is 37.9. The molecule has 0 aliphatic rings. The molecule has 332 valence electrons. The fourth-order valence-electron chi connectivity index (χ4n) is 7.37. The monoisotopic (exact) mass is 862 g/mol. The van der Waals surface area contributed by atoms with E-state index in [9.17, 15) is 15.0 Å². The topological polar surface area (TPSA) is 113 Å². The number of methoxy groups -OCH3 is 4. The number of ether oxygens (including phenoxy) is 6. The lowest BCUT2D eigenvalue weighted by molar-refractivity contribution is 0.0756. The van der Waals surface area contributed by atoms with E-state index in [1.807, 2.05) is 86.6 Å². The predicted molar refractivity (Wildman–Crippen MR) is 252 cm³/mol. The molecule has 6 rings (SSSR count). The number of phenolic OH excluding ortho intramolecular Hbond substituents is 1. The van der Waals surface area contributed by atoms with Crippen molar-refractivity contribution in [3.63, 3.8) is 0 Å². The van der Waals surface area contributed by atoms with Crippen molar-refractivity contribution in [2.24, 2.45) is 0 Å². The molecule has 0 bridgehead atoms. The molecule has 0 radical (unpaired) electrons. The molecule has 0 heterocycles. The lowest BCUT2D eigenvalue weighted by Gasteiger charge is -2.29. The van der Waals surface area contributed by atoms with Gasteiger partial charge in [0.1, 0.15) is 28.6 Å². The Balaban J connectivity index is 1.01. The average molecular weight is 863 g/mol. The zero-order chi connectivity index (χ0) is 45.9. The Labute approximate surface area is 377 Å². The summed E-state index contributed by atoms with van der Waals surface area (Å²) in [5.41, 5.74) is 5.29. The molecule has 0 aliphatic carbocycles. The first-order valence-electron chi connectivity index (χ1n) is 21.2. The van der Waals surface area contributed by atoms with E-state index in [1.165, 1.54) is 0 Å². The van der Waals surface area contributed by atoms with Crippen molar-refractivity contribution < 1.29 is 43.4 Å². The number of hydrogen-bond donors (Lipinski definition) is 2. The summed E-state index contributed by atoms with van der Waals surface area (Å²) in [6.45, 7) is 7.47. The van der Waals surface area contributed by atoms with Crippen LogP contribution in [0.3, 0.4) is 0 Å². The van der Waals surface area contributed by atoms with Gasteiger partial charge in [-0.3, -0.25) is 4.79 Å². The molecule has 0 fully saturated rings. The number of allylic oxidation sites excluding steroid dienone is 4. The second-order valence-electron chi connectivity index (χ2n) is 16.5. The number of aliphatic hydroxyl groups is 1. The first-order valence-corrected chi connectivity index (χ1v) is 21.2. The molecule has 0 spiro atoms. The minimum atomic E-state index is -0.983. The van der Waals surface area contributed by atoms with Crippen LogP contribution in [0.25, 0.3) is 0 Å². The van der Waals surface area contributed by atoms with Crippen LogP contribution in [0, 0.1) is 0 Å². The van der Waals surface area contributed by atoms with Crippen LogP contribution < -0.4 is 28.4 Å². The fourth-order valence-corrected chi connectivity index (χ4v) is 7.37. The van der Waals surface area contributed by atoms with Crippen molar-refractivity contribution in [3.05, 3.63) is 190 Å². The SMILES string of the molecule is COc1cc(C/C=C/Cc2ccc(C(C)(C)Oc3ccc(C(=O)c4ccc(Oc5ccc(C/C=C/Cc6ccc(C(C)(C)O)c(OC)c6)cc5OC)cc4)cc3)c(OC)c2)ccc1O. The van der Waals surface area contributed by atoms with Gasteiger partial charge < -0.3 is 38.6 Å². The van der Waals surface area contributed by atoms with Crippen LogP contribution in [-0.4, -0.2) is 44.4 Å². The van der Waals surface area contributed by atoms with E-state index in [0.717, 1.165) is 52.0 Å². The van der Waals surface area contributed by atoms with Crippen LogP contribution in [-0.2, 0) is 36.9 Å². The molecule has 9 heteroatoms. The zero-order valence-corrected chi connectivity index (χ0v) is 37.9. The minimum absolute atomic E-state index is 0.119. The van der Waals surface area contributed by atoms with Gasteiger partial charge in [-0.15, -0.1) is 0 Å². The maximum absolute atomic E-state index is 13.5. The number of aromatic hydroxyl groups is 1. The van der Waals surface area contributed by atoms with Crippen molar-refractivity contribution >= 4 is 5.78 Å². The van der Waals surface area contributed by atoms with Crippen LogP contribution in [0.5, 0.6) is 46.0 Å². The first kappa shape index (κ1) is 46.5. The van der Waals surface area contributed by atoms with Gasteiger partial charge in [-0.2, -0.15) is 0 Å². The lowest BCUT2D eigenvalue weighted by Crippen LogP contribution is -2.26. The molecule has 6 aromatic carbocycles. The molecule has 6 aromatic rings. The molecule has 2 N–H and O–H groups in total. The molecule has 9 nitrogen and oxygen atoms in total. The van der Waals surface area contributed by atoms with E-state index in [0.29, 0.717) is 58.5 Å². The quantitative estimate of drug-likeness (QED) is 0.0572. The number of benzene rings is 6. The van der Waals surface area contributed by atoms with Crippen molar-refractivity contribution in [1.82, 2.24) is 0 Å². The van der Waals surface area contributed by atoms with Crippen molar-refractivity contribution in [3.8, 4) is 46.0 Å². The molecule has 0 aliphatic heterocycles. The molecule has 0 atom stereocenters. The number of phenols is 1. The Morgan fingerprint density at radius 1 is 0.484 bits per heavy atom. The van der Waals surface area contributed by atoms with Gasteiger partial charge in [0.25, 0.3) is 0 Å². The molecule has 0 amide bonds. The summed E-state index contributed by atoms with van der Waals surface area (Å²) in [6.07, 6.45) is 11.3. The van der Waals surface area contributed by atoms with Crippen LogP contribution in [0.4, 0.5) is 0 Å². The van der Waals surface area contributed by atoms with Gasteiger partial charge >= 0.3 is 0 Å². The Morgan fingerprint density at radius 3 is 1.38 bits per heavy atom. The molecule has 0 aromatic heterocycles. The number of hydrogen-bond acceptors (Lipinski definition) is 9.